The van der Waals surface area contributed by atoms with Gasteiger partial charge in [-0.2, -0.15) is 0 Å². The first-order valence-corrected chi connectivity index (χ1v) is 9.32. The molecule has 2 aromatic carbocycles. The first kappa shape index (κ1) is 22.7. The Balaban J connectivity index is 1.79. The van der Waals surface area contributed by atoms with Crippen molar-refractivity contribution in [1.29, 1.82) is 0 Å². The quantitative estimate of drug-likeness (QED) is 0.272. The molecule has 0 unspecified atom stereocenters. The van der Waals surface area contributed by atoms with Crippen molar-refractivity contribution in [2.75, 3.05) is 19.0 Å². The van der Waals surface area contributed by atoms with Gasteiger partial charge in [0.1, 0.15) is 11.5 Å². The summed E-state index contributed by atoms with van der Waals surface area (Å²) in [5.41, 5.74) is 1.15. The summed E-state index contributed by atoms with van der Waals surface area (Å²) in [6, 6.07) is 11.4. The van der Waals surface area contributed by atoms with Crippen LogP contribution in [0.25, 0.3) is 0 Å². The summed E-state index contributed by atoms with van der Waals surface area (Å²) in [6.07, 6.45) is -0.503. The Morgan fingerprint density at radius 3 is 2.63 bits per heavy atom. The van der Waals surface area contributed by atoms with Crippen LogP contribution in [0.1, 0.15) is 25.3 Å². The molecular weight excluding hydrogens is 392 g/mol. The van der Waals surface area contributed by atoms with Crippen molar-refractivity contribution in [3.63, 3.8) is 0 Å². The smallest absolute Gasteiger partial charge is 0.306 e. The van der Waals surface area contributed by atoms with Crippen LogP contribution < -0.4 is 14.8 Å². The number of benzene rings is 2. The Labute approximate surface area is 174 Å². The normalized spacial score (nSPS) is 11.3. The summed E-state index contributed by atoms with van der Waals surface area (Å²) in [4.78, 5) is 34.5. The lowest BCUT2D eigenvalue weighted by atomic mass is 10.2. The first-order valence-electron chi connectivity index (χ1n) is 9.32. The molecule has 0 saturated heterocycles. The maximum Gasteiger partial charge on any atom is 0.306 e. The molecule has 0 aliphatic rings. The highest BCUT2D eigenvalue weighted by atomic mass is 16.6. The number of amides is 1. The first-order chi connectivity index (χ1) is 14.3. The molecule has 0 aromatic heterocycles. The van der Waals surface area contributed by atoms with Crippen molar-refractivity contribution in [2.45, 2.75) is 32.8 Å². The molecule has 30 heavy (non-hydrogen) atoms. The predicted octanol–water partition coefficient (Wildman–Crippen LogP) is 3.64. The third kappa shape index (κ3) is 6.77. The van der Waals surface area contributed by atoms with Gasteiger partial charge in [0.05, 0.1) is 30.4 Å². The molecule has 0 aliphatic heterocycles. The number of rotatable bonds is 10. The molecule has 0 aliphatic carbocycles. The van der Waals surface area contributed by atoms with Gasteiger partial charge in [-0.1, -0.05) is 12.1 Å². The van der Waals surface area contributed by atoms with Crippen LogP contribution in [0.3, 0.4) is 0 Å². The molecule has 1 N–H and O–H groups in total. The number of carbonyl (C=O) groups excluding carboxylic acids is 2. The van der Waals surface area contributed by atoms with Crippen LogP contribution in [-0.2, 0) is 14.3 Å². The molecule has 160 valence electrons. The largest absolute Gasteiger partial charge is 0.494 e. The number of nitrogens with zero attached hydrogens (tertiary/aromatic N) is 1. The molecule has 0 saturated carbocycles. The van der Waals surface area contributed by atoms with Crippen LogP contribution in [0.4, 0.5) is 11.4 Å². The summed E-state index contributed by atoms with van der Waals surface area (Å²) in [5.74, 6) is -0.245. The molecule has 9 nitrogen and oxygen atoms in total. The zero-order valence-electron chi connectivity index (χ0n) is 17.0. The highest BCUT2D eigenvalue weighted by Gasteiger charge is 2.20. The molecule has 2 rings (SSSR count). The van der Waals surface area contributed by atoms with Gasteiger partial charge < -0.3 is 19.5 Å². The second kappa shape index (κ2) is 10.8. The Morgan fingerprint density at radius 1 is 1.20 bits per heavy atom. The van der Waals surface area contributed by atoms with Crippen LogP contribution in [0.2, 0.25) is 0 Å². The van der Waals surface area contributed by atoms with E-state index in [9.17, 15) is 19.7 Å². The summed E-state index contributed by atoms with van der Waals surface area (Å²) in [5, 5.41) is 13.4. The molecule has 0 radical (unpaired) electrons. The fourth-order valence-electron chi connectivity index (χ4n) is 2.55. The predicted molar refractivity (Wildman–Crippen MR) is 110 cm³/mol. The molecule has 1 amide bonds. The van der Waals surface area contributed by atoms with E-state index in [1.165, 1.54) is 32.2 Å². The number of esters is 1. The molecule has 0 fully saturated rings. The van der Waals surface area contributed by atoms with Gasteiger partial charge in [0.25, 0.3) is 11.6 Å². The van der Waals surface area contributed by atoms with Crippen molar-refractivity contribution in [3.05, 3.63) is 58.1 Å². The number of carbonyl (C=O) groups is 2. The lowest BCUT2D eigenvalue weighted by Crippen LogP contribution is -2.30. The number of anilines is 1. The van der Waals surface area contributed by atoms with E-state index in [2.05, 4.69) is 5.32 Å². The van der Waals surface area contributed by atoms with E-state index in [0.717, 1.165) is 11.3 Å². The Kier molecular flexibility index (Phi) is 8.16. The van der Waals surface area contributed by atoms with E-state index in [0.29, 0.717) is 13.0 Å². The Hall–Kier alpha value is -3.62. The maximum atomic E-state index is 12.3. The number of nitro groups is 1. The third-order valence-electron chi connectivity index (χ3n) is 4.11. The van der Waals surface area contributed by atoms with Crippen molar-refractivity contribution < 1.29 is 28.7 Å². The zero-order valence-corrected chi connectivity index (χ0v) is 17.0. The van der Waals surface area contributed by atoms with Gasteiger partial charge in [-0.3, -0.25) is 19.7 Å². The number of non-ortho nitro benzene ring substituents is 1. The van der Waals surface area contributed by atoms with Gasteiger partial charge >= 0.3 is 5.97 Å². The van der Waals surface area contributed by atoms with Gasteiger partial charge in [0, 0.05) is 12.5 Å². The van der Waals surface area contributed by atoms with Crippen molar-refractivity contribution in [1.82, 2.24) is 0 Å². The van der Waals surface area contributed by atoms with Crippen LogP contribution in [0.15, 0.2) is 42.5 Å². The minimum Gasteiger partial charge on any atom is -0.494 e. The van der Waals surface area contributed by atoms with E-state index in [1.54, 1.807) is 0 Å². The van der Waals surface area contributed by atoms with E-state index >= 15 is 0 Å². The van der Waals surface area contributed by atoms with Crippen molar-refractivity contribution in [3.8, 4) is 11.5 Å². The number of nitrogens with one attached hydrogen (secondary N) is 1. The van der Waals surface area contributed by atoms with Gasteiger partial charge in [-0.15, -0.1) is 0 Å². The summed E-state index contributed by atoms with van der Waals surface area (Å²) in [6.45, 7) is 3.75. The van der Waals surface area contributed by atoms with Crippen LogP contribution in [0.5, 0.6) is 11.5 Å². The highest BCUT2D eigenvalue weighted by Crippen LogP contribution is 2.29. The number of methoxy groups -OCH3 is 1. The van der Waals surface area contributed by atoms with Gasteiger partial charge in [-0.05, 0) is 44.0 Å². The Bertz CT molecular complexity index is 914. The Morgan fingerprint density at radius 2 is 1.97 bits per heavy atom. The minimum absolute atomic E-state index is 0.101. The summed E-state index contributed by atoms with van der Waals surface area (Å²) >= 11 is 0. The number of aryl methyl sites for hydroxylation is 1. The van der Waals surface area contributed by atoms with Gasteiger partial charge in [0.15, 0.2) is 6.10 Å². The minimum atomic E-state index is -1.05. The number of hydrogen-bond donors (Lipinski definition) is 1. The highest BCUT2D eigenvalue weighted by molar-refractivity contribution is 5.96. The molecular formula is C21H24N2O7. The number of ether oxygens (including phenoxy) is 3. The van der Waals surface area contributed by atoms with E-state index in [-0.39, 0.29) is 23.5 Å². The average Bonchev–Trinajstić information content (AvgIpc) is 2.71. The van der Waals surface area contributed by atoms with E-state index in [4.69, 9.17) is 14.2 Å². The van der Waals surface area contributed by atoms with Crippen molar-refractivity contribution >= 4 is 23.3 Å². The van der Waals surface area contributed by atoms with Crippen LogP contribution >= 0.6 is 0 Å². The topological polar surface area (TPSA) is 117 Å². The molecule has 0 spiro atoms. The fourth-order valence-corrected chi connectivity index (χ4v) is 2.55. The molecule has 9 heteroatoms. The molecule has 1 atom stereocenters. The summed E-state index contributed by atoms with van der Waals surface area (Å²) in [7, 11) is 1.33. The lowest BCUT2D eigenvalue weighted by molar-refractivity contribution is -0.384. The van der Waals surface area contributed by atoms with Crippen LogP contribution in [0, 0.1) is 17.0 Å². The number of hydrogen-bond acceptors (Lipinski definition) is 7. The molecule has 2 aromatic rings. The standard InChI is InChI=1S/C21H24N2O7/c1-14-6-4-7-17(12-14)29-11-5-8-20(24)30-15(2)21(25)22-18-10-9-16(23(26)27)13-19(18)28-3/h4,6-7,9-10,12-13,15H,5,8,11H2,1-3H3,(H,22,25)/t15-/m0/s1. The zero-order chi connectivity index (χ0) is 22.1. The average molecular weight is 416 g/mol. The maximum absolute atomic E-state index is 12.3. The van der Waals surface area contributed by atoms with E-state index < -0.39 is 22.9 Å². The van der Waals surface area contributed by atoms with Crippen molar-refractivity contribution in [2.24, 2.45) is 0 Å². The third-order valence-corrected chi connectivity index (χ3v) is 4.11. The van der Waals surface area contributed by atoms with Gasteiger partial charge in [-0.25, -0.2) is 0 Å². The van der Waals surface area contributed by atoms with Gasteiger partial charge in [0.2, 0.25) is 0 Å². The second-order valence-corrected chi connectivity index (χ2v) is 6.53. The monoisotopic (exact) mass is 416 g/mol. The summed E-state index contributed by atoms with van der Waals surface area (Å²) < 4.78 is 15.8. The SMILES string of the molecule is COc1cc([N+](=O)[O-])ccc1NC(=O)[C@H](C)OC(=O)CCCOc1cccc(C)c1. The molecule has 0 bridgehead atoms. The van der Waals surface area contributed by atoms with Crippen LogP contribution in [-0.4, -0.2) is 36.6 Å². The number of nitro benzene ring substituents is 1. The fraction of sp³-hybridized carbons (Fsp3) is 0.333. The van der Waals surface area contributed by atoms with E-state index in [1.807, 2.05) is 31.2 Å². The lowest BCUT2D eigenvalue weighted by Gasteiger charge is -2.15. The molecule has 0 heterocycles. The second-order valence-electron chi connectivity index (χ2n) is 6.53.